The van der Waals surface area contributed by atoms with Gasteiger partial charge in [-0.25, -0.2) is 4.79 Å². The van der Waals surface area contributed by atoms with Crippen LogP contribution in [0.5, 0.6) is 0 Å². The van der Waals surface area contributed by atoms with Gasteiger partial charge in [-0.15, -0.1) is 0 Å². The third-order valence-corrected chi connectivity index (χ3v) is 5.06. The summed E-state index contributed by atoms with van der Waals surface area (Å²) < 4.78 is 29.5. The van der Waals surface area contributed by atoms with E-state index in [-0.39, 0.29) is 19.5 Å². The lowest BCUT2D eigenvalue weighted by Gasteiger charge is -2.21. The summed E-state index contributed by atoms with van der Waals surface area (Å²) in [7, 11) is -2.29. The van der Waals surface area contributed by atoms with Gasteiger partial charge in [0, 0.05) is 19.4 Å². The number of benzene rings is 1. The van der Waals surface area contributed by atoms with Gasteiger partial charge < -0.3 is 18.9 Å². The molecule has 0 aliphatic heterocycles. The van der Waals surface area contributed by atoms with Gasteiger partial charge in [-0.3, -0.25) is 18.9 Å². The number of rotatable bonds is 10. The monoisotopic (exact) mass is 384 g/mol. The maximum absolute atomic E-state index is 12.6. The van der Waals surface area contributed by atoms with Crippen LogP contribution in [-0.2, 0) is 31.5 Å². The maximum Gasteiger partial charge on any atom is 0.356 e. The highest BCUT2D eigenvalue weighted by Gasteiger charge is 2.26. The third kappa shape index (κ3) is 6.05. The van der Waals surface area contributed by atoms with Crippen LogP contribution >= 0.6 is 7.60 Å². The summed E-state index contributed by atoms with van der Waals surface area (Å²) in [5.74, 6) is 0. The molecule has 0 saturated heterocycles. The van der Waals surface area contributed by atoms with Gasteiger partial charge in [-0.2, -0.15) is 0 Å². The van der Waals surface area contributed by atoms with Crippen molar-refractivity contribution in [2.75, 3.05) is 20.1 Å². The van der Waals surface area contributed by atoms with Crippen LogP contribution in [0.3, 0.4) is 0 Å². The molecular weight excluding hydrogens is 363 g/mol. The molecule has 0 aliphatic rings. The van der Waals surface area contributed by atoms with Gasteiger partial charge in [0.15, 0.2) is 0 Å². The smallest absolute Gasteiger partial charge is 0.356 e. The summed E-state index contributed by atoms with van der Waals surface area (Å²) in [6.45, 7) is -0.374. The van der Waals surface area contributed by atoms with Crippen LogP contribution in [-0.4, -0.2) is 40.8 Å². The van der Waals surface area contributed by atoms with Gasteiger partial charge in [0.1, 0.15) is 6.35 Å². The van der Waals surface area contributed by atoms with E-state index in [1.165, 1.54) is 23.9 Å². The Balaban J connectivity index is 1.94. The molecule has 0 radical (unpaired) electrons. The fraction of sp³-hybridized carbons (Fsp3) is 0.375. The molecule has 0 aliphatic carbocycles. The van der Waals surface area contributed by atoms with E-state index in [0.717, 1.165) is 5.56 Å². The Labute approximate surface area is 149 Å². The van der Waals surface area contributed by atoms with Gasteiger partial charge in [0.25, 0.3) is 5.56 Å². The van der Waals surface area contributed by atoms with E-state index in [4.69, 9.17) is 13.8 Å². The highest BCUT2D eigenvalue weighted by atomic mass is 31.2. The van der Waals surface area contributed by atoms with Gasteiger partial charge in [-0.05, 0) is 5.56 Å². The summed E-state index contributed by atoms with van der Waals surface area (Å²) in [5, 5.41) is 9.43. The van der Waals surface area contributed by atoms with E-state index < -0.39 is 31.6 Å². The molecular formula is C16H21N2O7P. The van der Waals surface area contributed by atoms with E-state index in [9.17, 15) is 19.3 Å². The summed E-state index contributed by atoms with van der Waals surface area (Å²) in [6.07, 6.45) is 0.0664. The normalized spacial score (nSPS) is 14.7. The highest BCUT2D eigenvalue weighted by Crippen LogP contribution is 2.48. The first-order valence-electron chi connectivity index (χ1n) is 7.81. The van der Waals surface area contributed by atoms with Crippen molar-refractivity contribution >= 4 is 7.60 Å². The Hall–Kier alpha value is -2.03. The first kappa shape index (κ1) is 20.3. The number of aliphatic hydroxyl groups excluding tert-OH is 1. The van der Waals surface area contributed by atoms with Crippen LogP contribution in [0, 0.1) is 0 Å². The van der Waals surface area contributed by atoms with Gasteiger partial charge in [0.2, 0.25) is 0 Å². The number of nitrogens with one attached hydrogen (secondary N) is 1. The molecule has 2 N–H and O–H groups in total. The molecule has 0 fully saturated rings. The summed E-state index contributed by atoms with van der Waals surface area (Å²) in [4.78, 5) is 24.8. The van der Waals surface area contributed by atoms with Crippen molar-refractivity contribution in [1.82, 2.24) is 9.55 Å². The van der Waals surface area contributed by atoms with Crippen molar-refractivity contribution in [3.8, 4) is 0 Å². The van der Waals surface area contributed by atoms with Crippen LogP contribution < -0.4 is 11.2 Å². The quantitative estimate of drug-likeness (QED) is 0.585. The van der Waals surface area contributed by atoms with Crippen molar-refractivity contribution in [1.29, 1.82) is 0 Å². The van der Waals surface area contributed by atoms with Gasteiger partial charge in [0.05, 0.1) is 25.9 Å². The molecule has 1 aromatic carbocycles. The lowest BCUT2D eigenvalue weighted by atomic mass is 10.2. The molecule has 2 unspecified atom stereocenters. The zero-order chi connectivity index (χ0) is 19.0. The Bertz CT molecular complexity index is 849. The second-order valence-corrected chi connectivity index (χ2v) is 7.52. The first-order valence-corrected chi connectivity index (χ1v) is 9.54. The van der Waals surface area contributed by atoms with Crippen LogP contribution in [0.1, 0.15) is 5.56 Å². The molecule has 2 aromatic rings. The lowest BCUT2D eigenvalue weighted by molar-refractivity contribution is 0.0150. The lowest BCUT2D eigenvalue weighted by Crippen LogP contribution is -2.34. The largest absolute Gasteiger partial charge is 0.394 e. The van der Waals surface area contributed by atoms with E-state index in [0.29, 0.717) is 0 Å². The number of ether oxygens (including phenoxy) is 1. The van der Waals surface area contributed by atoms with Crippen LogP contribution in [0.25, 0.3) is 0 Å². The number of aromatic amines is 1. The predicted octanol–water partition coefficient (Wildman–Crippen LogP) is 0.928. The maximum atomic E-state index is 12.6. The van der Waals surface area contributed by atoms with Crippen molar-refractivity contribution < 1.29 is 23.5 Å². The van der Waals surface area contributed by atoms with Crippen LogP contribution in [0.4, 0.5) is 0 Å². The fourth-order valence-electron chi connectivity index (χ4n) is 2.06. The van der Waals surface area contributed by atoms with Gasteiger partial charge >= 0.3 is 13.3 Å². The summed E-state index contributed by atoms with van der Waals surface area (Å²) >= 11 is 0. The molecule has 26 heavy (non-hydrogen) atoms. The van der Waals surface area contributed by atoms with Gasteiger partial charge in [-0.1, -0.05) is 30.3 Å². The van der Waals surface area contributed by atoms with Crippen molar-refractivity contribution in [2.45, 2.75) is 19.3 Å². The average Bonchev–Trinajstić information content (AvgIpc) is 2.66. The van der Waals surface area contributed by atoms with Crippen molar-refractivity contribution in [3.63, 3.8) is 0 Å². The van der Waals surface area contributed by atoms with E-state index >= 15 is 0 Å². The number of aliphatic hydroxyl groups is 1. The Morgan fingerprint density at radius 2 is 1.96 bits per heavy atom. The Morgan fingerprint density at radius 3 is 2.58 bits per heavy atom. The standard InChI is InChI=1S/C16H21N2O7P/c1-23-26(22,25-11-13-5-3-2-4-6-13)12-24-14(10-19)9-18-8-7-15(20)17-16(18)21/h2-8,14,19H,9-12H2,1H3,(H,17,20,21). The summed E-state index contributed by atoms with van der Waals surface area (Å²) in [6, 6.07) is 10.3. The van der Waals surface area contributed by atoms with E-state index in [1.54, 1.807) is 0 Å². The molecule has 10 heteroatoms. The zero-order valence-electron chi connectivity index (χ0n) is 14.2. The molecule has 1 aromatic heterocycles. The minimum Gasteiger partial charge on any atom is -0.394 e. The first-order chi connectivity index (χ1) is 12.5. The van der Waals surface area contributed by atoms with E-state index in [1.807, 2.05) is 30.3 Å². The molecule has 0 spiro atoms. The molecule has 142 valence electrons. The topological polar surface area (TPSA) is 120 Å². The Kier molecular flexibility index (Phi) is 7.50. The third-order valence-electron chi connectivity index (χ3n) is 3.52. The Morgan fingerprint density at radius 1 is 1.23 bits per heavy atom. The van der Waals surface area contributed by atoms with Crippen molar-refractivity contribution in [3.05, 3.63) is 69.0 Å². The summed E-state index contributed by atoms with van der Waals surface area (Å²) in [5.41, 5.74) is -0.330. The highest BCUT2D eigenvalue weighted by molar-refractivity contribution is 7.53. The fourth-order valence-corrected chi connectivity index (χ4v) is 3.08. The average molecular weight is 384 g/mol. The molecule has 0 saturated carbocycles. The number of H-pyrrole nitrogens is 1. The number of hydrogen-bond donors (Lipinski definition) is 2. The molecule has 0 amide bonds. The number of nitrogens with zero attached hydrogens (tertiary/aromatic N) is 1. The second kappa shape index (κ2) is 9.61. The zero-order valence-corrected chi connectivity index (χ0v) is 15.1. The molecule has 9 nitrogen and oxygen atoms in total. The molecule has 2 rings (SSSR count). The molecule has 1 heterocycles. The molecule has 2 atom stereocenters. The van der Waals surface area contributed by atoms with Crippen LogP contribution in [0.15, 0.2) is 52.2 Å². The van der Waals surface area contributed by atoms with Crippen LogP contribution in [0.2, 0.25) is 0 Å². The predicted molar refractivity (Wildman–Crippen MR) is 94.0 cm³/mol. The van der Waals surface area contributed by atoms with Crippen molar-refractivity contribution in [2.24, 2.45) is 0 Å². The molecule has 0 bridgehead atoms. The number of aromatic nitrogens is 2. The van der Waals surface area contributed by atoms with E-state index in [2.05, 4.69) is 4.98 Å². The minimum atomic E-state index is -3.54. The number of hydrogen-bond acceptors (Lipinski definition) is 7. The minimum absolute atomic E-state index is 0.0332. The second-order valence-electron chi connectivity index (χ2n) is 5.42. The SMILES string of the molecule is COP(=O)(COC(CO)Cn1ccc(=O)[nH]c1=O)OCc1ccccc1.